The minimum atomic E-state index is -3.35. The van der Waals surface area contributed by atoms with Crippen molar-refractivity contribution in [2.24, 2.45) is 0 Å². The van der Waals surface area contributed by atoms with Crippen molar-refractivity contribution in [3.8, 4) is 0 Å². The van der Waals surface area contributed by atoms with Crippen molar-refractivity contribution in [2.75, 3.05) is 13.6 Å². The van der Waals surface area contributed by atoms with Gasteiger partial charge in [0.15, 0.2) is 0 Å². The van der Waals surface area contributed by atoms with E-state index in [1.807, 2.05) is 19.2 Å². The number of hydrogen-bond acceptors (Lipinski definition) is 3. The van der Waals surface area contributed by atoms with Gasteiger partial charge in [-0.3, -0.25) is 0 Å². The summed E-state index contributed by atoms with van der Waals surface area (Å²) in [6.45, 7) is 6.45. The van der Waals surface area contributed by atoms with E-state index in [0.717, 1.165) is 6.42 Å². The molecule has 2 atom stereocenters. The average molecular weight is 284 g/mol. The summed E-state index contributed by atoms with van der Waals surface area (Å²) in [5.41, 5.74) is 1.17. The summed E-state index contributed by atoms with van der Waals surface area (Å²) in [4.78, 5) is 0.324. The molecule has 0 aromatic heterocycles. The van der Waals surface area contributed by atoms with Crippen LogP contribution in [-0.2, 0) is 10.0 Å². The van der Waals surface area contributed by atoms with E-state index in [2.05, 4.69) is 23.9 Å². The van der Waals surface area contributed by atoms with Gasteiger partial charge < -0.3 is 5.32 Å². The van der Waals surface area contributed by atoms with Gasteiger partial charge in [0.1, 0.15) is 0 Å². The lowest BCUT2D eigenvalue weighted by molar-refractivity contribution is 0.483. The third-order valence-electron chi connectivity index (χ3n) is 3.45. The van der Waals surface area contributed by atoms with Gasteiger partial charge in [-0.2, -0.15) is 0 Å². The lowest BCUT2D eigenvalue weighted by Crippen LogP contribution is -2.28. The number of rotatable bonds is 7. The number of likely N-dealkylation sites (N-methyl/N-ethyl adjacent to an activating group) is 1. The molecule has 0 fully saturated rings. The Morgan fingerprint density at radius 1 is 1.16 bits per heavy atom. The fourth-order valence-electron chi connectivity index (χ4n) is 2.25. The summed E-state index contributed by atoms with van der Waals surface area (Å²) in [5, 5.41) is 3.25. The molecule has 2 unspecified atom stereocenters. The van der Waals surface area contributed by atoms with Gasteiger partial charge in [0.25, 0.3) is 0 Å². The maximum atomic E-state index is 11.8. The summed E-state index contributed by atoms with van der Waals surface area (Å²) >= 11 is 0. The molecule has 0 spiro atoms. The quantitative estimate of drug-likeness (QED) is 0.806. The molecule has 0 amide bonds. The molecule has 0 saturated heterocycles. The molecule has 1 aromatic rings. The summed E-state index contributed by atoms with van der Waals surface area (Å²) in [6, 6.07) is 7.54. The zero-order valence-electron chi connectivity index (χ0n) is 12.1. The highest BCUT2D eigenvalue weighted by atomic mass is 32.2. The van der Waals surface area contributed by atoms with Gasteiger partial charge in [0.05, 0.1) is 4.90 Å². The zero-order valence-corrected chi connectivity index (χ0v) is 12.9. The van der Waals surface area contributed by atoms with Crippen LogP contribution in [0.2, 0.25) is 0 Å². The molecule has 1 rings (SSSR count). The number of sulfonamides is 1. The Morgan fingerprint density at radius 3 is 2.16 bits per heavy atom. The Bertz CT molecular complexity index is 483. The highest BCUT2D eigenvalue weighted by Gasteiger charge is 2.17. The van der Waals surface area contributed by atoms with Crippen LogP contribution in [0.25, 0.3) is 0 Å². The topological polar surface area (TPSA) is 58.2 Å². The van der Waals surface area contributed by atoms with E-state index in [9.17, 15) is 8.42 Å². The Labute approximate surface area is 116 Å². The third kappa shape index (κ3) is 4.03. The second-order valence-electron chi connectivity index (χ2n) is 4.66. The lowest BCUT2D eigenvalue weighted by Gasteiger charge is -2.22. The van der Waals surface area contributed by atoms with Crippen molar-refractivity contribution >= 4 is 10.0 Å². The average Bonchev–Trinajstić information content (AvgIpc) is 2.40. The Hall–Kier alpha value is -0.910. The molecule has 2 N–H and O–H groups in total. The van der Waals surface area contributed by atoms with Crippen LogP contribution in [0.1, 0.15) is 38.7 Å². The standard InChI is InChI=1S/C14H24N2O2S/c1-5-14(11(3)15-4)12-7-9-13(10-8-12)19(17,18)16-6-2/h7-11,14-16H,5-6H2,1-4H3. The molecule has 0 heterocycles. The van der Waals surface area contributed by atoms with E-state index in [4.69, 9.17) is 0 Å². The third-order valence-corrected chi connectivity index (χ3v) is 5.01. The fraction of sp³-hybridized carbons (Fsp3) is 0.571. The van der Waals surface area contributed by atoms with Crippen LogP contribution in [0.4, 0.5) is 0 Å². The molecule has 0 aliphatic carbocycles. The van der Waals surface area contributed by atoms with Crippen LogP contribution in [0, 0.1) is 0 Å². The molecule has 108 valence electrons. The van der Waals surface area contributed by atoms with E-state index in [1.165, 1.54) is 5.56 Å². The molecular formula is C14H24N2O2S. The molecule has 1 aromatic carbocycles. The van der Waals surface area contributed by atoms with E-state index in [0.29, 0.717) is 23.4 Å². The van der Waals surface area contributed by atoms with Crippen molar-refractivity contribution in [3.63, 3.8) is 0 Å². The summed E-state index contributed by atoms with van der Waals surface area (Å²) in [6.07, 6.45) is 1.02. The molecule has 0 radical (unpaired) electrons. The largest absolute Gasteiger partial charge is 0.317 e. The van der Waals surface area contributed by atoms with Gasteiger partial charge in [-0.1, -0.05) is 26.0 Å². The van der Waals surface area contributed by atoms with Crippen LogP contribution < -0.4 is 10.0 Å². The predicted molar refractivity (Wildman–Crippen MR) is 78.9 cm³/mol. The SMILES string of the molecule is CCNS(=O)(=O)c1ccc(C(CC)C(C)NC)cc1. The van der Waals surface area contributed by atoms with E-state index >= 15 is 0 Å². The van der Waals surface area contributed by atoms with Crippen LogP contribution in [0.3, 0.4) is 0 Å². The number of nitrogens with one attached hydrogen (secondary N) is 2. The van der Waals surface area contributed by atoms with Gasteiger partial charge >= 0.3 is 0 Å². The molecule has 0 saturated carbocycles. The van der Waals surface area contributed by atoms with Gasteiger partial charge in [-0.15, -0.1) is 0 Å². The second kappa shape index (κ2) is 7.03. The summed E-state index contributed by atoms with van der Waals surface area (Å²) in [5.74, 6) is 0.390. The number of benzene rings is 1. The lowest BCUT2D eigenvalue weighted by atomic mass is 9.90. The first-order valence-corrected chi connectivity index (χ1v) is 8.21. The van der Waals surface area contributed by atoms with Gasteiger partial charge in [0, 0.05) is 12.6 Å². The first-order chi connectivity index (χ1) is 8.96. The van der Waals surface area contributed by atoms with Crippen LogP contribution in [0.5, 0.6) is 0 Å². The highest BCUT2D eigenvalue weighted by Crippen LogP contribution is 2.24. The minimum absolute atomic E-state index is 0.324. The molecule has 0 bridgehead atoms. The van der Waals surface area contributed by atoms with Crippen molar-refractivity contribution in [1.29, 1.82) is 0 Å². The van der Waals surface area contributed by atoms with Crippen LogP contribution in [0.15, 0.2) is 29.2 Å². The molecule has 0 aliphatic rings. The monoisotopic (exact) mass is 284 g/mol. The van der Waals surface area contributed by atoms with Crippen molar-refractivity contribution in [1.82, 2.24) is 10.0 Å². The van der Waals surface area contributed by atoms with Crippen molar-refractivity contribution in [3.05, 3.63) is 29.8 Å². The molecule has 19 heavy (non-hydrogen) atoms. The smallest absolute Gasteiger partial charge is 0.240 e. The minimum Gasteiger partial charge on any atom is -0.317 e. The normalized spacial score (nSPS) is 15.2. The Kier molecular flexibility index (Phi) is 5.97. The van der Waals surface area contributed by atoms with Crippen molar-refractivity contribution < 1.29 is 8.42 Å². The summed E-state index contributed by atoms with van der Waals surface area (Å²) in [7, 11) is -1.41. The Balaban J connectivity index is 2.99. The first-order valence-electron chi connectivity index (χ1n) is 6.73. The fourth-order valence-corrected chi connectivity index (χ4v) is 3.29. The number of hydrogen-bond donors (Lipinski definition) is 2. The molecule has 5 heteroatoms. The van der Waals surface area contributed by atoms with Crippen molar-refractivity contribution in [2.45, 2.75) is 44.0 Å². The molecular weight excluding hydrogens is 260 g/mol. The predicted octanol–water partition coefficient (Wildman–Crippen LogP) is 2.09. The van der Waals surface area contributed by atoms with E-state index < -0.39 is 10.0 Å². The Morgan fingerprint density at radius 2 is 1.74 bits per heavy atom. The first kappa shape index (κ1) is 16.1. The van der Waals surface area contributed by atoms with Crippen LogP contribution >= 0.6 is 0 Å². The maximum absolute atomic E-state index is 11.8. The van der Waals surface area contributed by atoms with Gasteiger partial charge in [-0.25, -0.2) is 13.1 Å². The molecule has 4 nitrogen and oxygen atoms in total. The van der Waals surface area contributed by atoms with E-state index in [-0.39, 0.29) is 0 Å². The summed E-state index contributed by atoms with van der Waals surface area (Å²) < 4.78 is 26.2. The van der Waals surface area contributed by atoms with Gasteiger partial charge in [-0.05, 0) is 44.0 Å². The second-order valence-corrected chi connectivity index (χ2v) is 6.43. The van der Waals surface area contributed by atoms with Crippen LogP contribution in [-0.4, -0.2) is 28.1 Å². The molecule has 0 aliphatic heterocycles. The maximum Gasteiger partial charge on any atom is 0.240 e. The highest BCUT2D eigenvalue weighted by molar-refractivity contribution is 7.89. The zero-order chi connectivity index (χ0) is 14.5. The van der Waals surface area contributed by atoms with E-state index in [1.54, 1.807) is 19.1 Å². The van der Waals surface area contributed by atoms with Gasteiger partial charge in [0.2, 0.25) is 10.0 Å².